The molecule has 0 aliphatic carbocycles. The second-order valence-corrected chi connectivity index (χ2v) is 8.85. The third-order valence-electron chi connectivity index (χ3n) is 3.34. The zero-order valence-electron chi connectivity index (χ0n) is 13.3. The average Bonchev–Trinajstić information content (AvgIpc) is 3.02. The molecule has 1 N–H and O–H groups in total. The summed E-state index contributed by atoms with van der Waals surface area (Å²) in [5.74, 6) is 0.220. The van der Waals surface area contributed by atoms with Crippen LogP contribution in [-0.2, 0) is 11.3 Å². The number of rotatable bonds is 6. The summed E-state index contributed by atoms with van der Waals surface area (Å²) in [6.45, 7) is 0.508. The topological polar surface area (TPSA) is 46.9 Å². The van der Waals surface area contributed by atoms with E-state index in [2.05, 4.69) is 10.4 Å². The molecule has 0 unspecified atom stereocenters. The fourth-order valence-electron chi connectivity index (χ4n) is 2.07. The van der Waals surface area contributed by atoms with Crippen molar-refractivity contribution in [2.24, 2.45) is 0 Å². The first kappa shape index (κ1) is 19.4. The fourth-order valence-corrected chi connectivity index (χ4v) is 4.56. The molecular weight excluding hydrogens is 429 g/mol. The van der Waals surface area contributed by atoms with Gasteiger partial charge in [0.05, 0.1) is 21.5 Å². The van der Waals surface area contributed by atoms with E-state index in [1.807, 2.05) is 30.3 Å². The lowest BCUT2D eigenvalue weighted by atomic mass is 10.2. The van der Waals surface area contributed by atoms with E-state index in [1.165, 1.54) is 23.1 Å². The van der Waals surface area contributed by atoms with Crippen LogP contribution in [0.3, 0.4) is 0 Å². The van der Waals surface area contributed by atoms with Gasteiger partial charge in [0.1, 0.15) is 0 Å². The van der Waals surface area contributed by atoms with Crippen LogP contribution in [0.25, 0.3) is 5.69 Å². The second-order valence-electron chi connectivity index (χ2n) is 5.20. The Morgan fingerprint density at radius 1 is 1.19 bits per heavy atom. The third kappa shape index (κ3) is 5.08. The van der Waals surface area contributed by atoms with Crippen LogP contribution in [0.1, 0.15) is 5.56 Å². The number of amides is 1. The maximum Gasteiger partial charge on any atom is 0.230 e. The van der Waals surface area contributed by atoms with Gasteiger partial charge in [-0.3, -0.25) is 4.79 Å². The van der Waals surface area contributed by atoms with E-state index in [0.717, 1.165) is 15.6 Å². The van der Waals surface area contributed by atoms with Crippen LogP contribution < -0.4 is 5.32 Å². The molecule has 9 heteroatoms. The number of aromatic nitrogens is 2. The van der Waals surface area contributed by atoms with E-state index in [0.29, 0.717) is 20.5 Å². The number of hydrogen-bond donors (Lipinski definition) is 1. The highest BCUT2D eigenvalue weighted by Crippen LogP contribution is 2.27. The lowest BCUT2D eigenvalue weighted by molar-refractivity contribution is -0.118. The number of nitrogens with zero attached hydrogens (tertiary/aromatic N) is 2. The van der Waals surface area contributed by atoms with E-state index >= 15 is 0 Å². The number of nitrogens with one attached hydrogen (secondary N) is 1. The van der Waals surface area contributed by atoms with Gasteiger partial charge in [-0.2, -0.15) is 0 Å². The maximum atomic E-state index is 12.0. The molecule has 1 heterocycles. The van der Waals surface area contributed by atoms with Crippen molar-refractivity contribution in [1.29, 1.82) is 0 Å². The molecule has 4 nitrogen and oxygen atoms in total. The first-order valence-electron chi connectivity index (χ1n) is 7.52. The van der Waals surface area contributed by atoms with E-state index in [9.17, 15) is 4.79 Å². The summed E-state index contributed by atoms with van der Waals surface area (Å²) < 4.78 is 2.92. The summed E-state index contributed by atoms with van der Waals surface area (Å²) in [7, 11) is 0. The van der Waals surface area contributed by atoms with E-state index in [1.54, 1.807) is 22.9 Å². The molecule has 0 saturated carbocycles. The summed E-state index contributed by atoms with van der Waals surface area (Å²) in [6.07, 6.45) is 0. The van der Waals surface area contributed by atoms with Crippen molar-refractivity contribution in [3.05, 3.63) is 68.1 Å². The molecule has 0 radical (unpaired) electrons. The Bertz CT molecular complexity index is 973. The summed E-state index contributed by atoms with van der Waals surface area (Å²) in [5.41, 5.74) is 1.80. The number of hydrogen-bond acceptors (Lipinski definition) is 5. The zero-order chi connectivity index (χ0) is 18.5. The minimum absolute atomic E-state index is 0.0546. The van der Waals surface area contributed by atoms with Crippen molar-refractivity contribution < 1.29 is 4.79 Å². The Hall–Kier alpha value is -1.38. The van der Waals surface area contributed by atoms with Gasteiger partial charge in [0, 0.05) is 6.54 Å². The Morgan fingerprint density at radius 2 is 1.96 bits per heavy atom. The lowest BCUT2D eigenvalue weighted by Crippen LogP contribution is -2.24. The molecule has 26 heavy (non-hydrogen) atoms. The predicted octanol–water partition coefficient (Wildman–Crippen LogP) is 5.38. The Balaban J connectivity index is 1.60. The molecule has 1 aromatic heterocycles. The van der Waals surface area contributed by atoms with Gasteiger partial charge in [0.25, 0.3) is 0 Å². The summed E-state index contributed by atoms with van der Waals surface area (Å²) >= 11 is 20.0. The number of carbonyl (C=O) groups is 1. The minimum atomic E-state index is -0.0546. The Kier molecular flexibility index (Phi) is 6.72. The van der Waals surface area contributed by atoms with Gasteiger partial charge < -0.3 is 5.32 Å². The van der Waals surface area contributed by atoms with E-state index < -0.39 is 0 Å². The van der Waals surface area contributed by atoms with Gasteiger partial charge in [-0.25, -0.2) is 4.68 Å². The molecule has 0 saturated heterocycles. The molecule has 134 valence electrons. The van der Waals surface area contributed by atoms with Crippen LogP contribution in [0.5, 0.6) is 0 Å². The smallest absolute Gasteiger partial charge is 0.230 e. The van der Waals surface area contributed by atoms with E-state index in [-0.39, 0.29) is 11.7 Å². The van der Waals surface area contributed by atoms with Crippen LogP contribution >= 0.6 is 58.5 Å². The van der Waals surface area contributed by atoms with Crippen molar-refractivity contribution in [2.75, 3.05) is 5.75 Å². The molecule has 1 amide bonds. The van der Waals surface area contributed by atoms with Gasteiger partial charge in [0.2, 0.25) is 5.91 Å². The third-order valence-corrected chi connectivity index (χ3v) is 6.44. The maximum absolute atomic E-state index is 12.0. The van der Waals surface area contributed by atoms with E-state index in [4.69, 9.17) is 35.4 Å². The molecular formula is C17H13Cl2N3OS3. The lowest BCUT2D eigenvalue weighted by Gasteiger charge is -2.04. The van der Waals surface area contributed by atoms with Crippen LogP contribution in [0, 0.1) is 3.95 Å². The number of thioether (sulfide) groups is 1. The normalized spacial score (nSPS) is 10.7. The average molecular weight is 442 g/mol. The highest BCUT2D eigenvalue weighted by molar-refractivity contribution is 8.01. The highest BCUT2D eigenvalue weighted by atomic mass is 35.5. The van der Waals surface area contributed by atoms with Crippen molar-refractivity contribution in [3.8, 4) is 5.69 Å². The van der Waals surface area contributed by atoms with Gasteiger partial charge in [0.15, 0.2) is 8.29 Å². The van der Waals surface area contributed by atoms with Gasteiger partial charge in [-0.15, -0.1) is 5.10 Å². The zero-order valence-corrected chi connectivity index (χ0v) is 17.3. The van der Waals surface area contributed by atoms with Crippen LogP contribution in [0.2, 0.25) is 10.0 Å². The van der Waals surface area contributed by atoms with Crippen molar-refractivity contribution in [1.82, 2.24) is 15.1 Å². The number of benzene rings is 2. The quantitative estimate of drug-likeness (QED) is 0.411. The fraction of sp³-hybridized carbons (Fsp3) is 0.118. The second kappa shape index (κ2) is 9.01. The standard InChI is InChI=1S/C17H13Cl2N3OS3/c18-13-7-6-12(8-14(13)19)22-17(24)26-16(21-22)25-10-15(23)20-9-11-4-2-1-3-5-11/h1-8H,9-10H2,(H,20,23). The molecule has 0 aliphatic heterocycles. The first-order chi connectivity index (χ1) is 12.5. The number of halogens is 2. The largest absolute Gasteiger partial charge is 0.351 e. The van der Waals surface area contributed by atoms with Gasteiger partial charge in [-0.05, 0) is 36.0 Å². The molecule has 0 bridgehead atoms. The molecule has 3 aromatic rings. The summed E-state index contributed by atoms with van der Waals surface area (Å²) in [6, 6.07) is 15.0. The molecule has 0 aliphatic rings. The number of carbonyl (C=O) groups excluding carboxylic acids is 1. The predicted molar refractivity (Wildman–Crippen MR) is 111 cm³/mol. The van der Waals surface area contributed by atoms with Gasteiger partial charge in [-0.1, -0.05) is 76.6 Å². The van der Waals surface area contributed by atoms with Crippen molar-refractivity contribution in [3.63, 3.8) is 0 Å². The van der Waals surface area contributed by atoms with Crippen LogP contribution in [0.4, 0.5) is 0 Å². The SMILES string of the molecule is O=C(CSc1nn(-c2ccc(Cl)c(Cl)c2)c(=S)s1)NCc1ccccc1. The summed E-state index contributed by atoms with van der Waals surface area (Å²) in [4.78, 5) is 12.0. The highest BCUT2D eigenvalue weighted by Gasteiger charge is 2.10. The Morgan fingerprint density at radius 3 is 2.69 bits per heavy atom. The molecule has 3 rings (SSSR count). The van der Waals surface area contributed by atoms with Crippen LogP contribution in [0.15, 0.2) is 52.9 Å². The van der Waals surface area contributed by atoms with Crippen molar-refractivity contribution in [2.45, 2.75) is 10.9 Å². The Labute approximate surface area is 174 Å². The monoisotopic (exact) mass is 441 g/mol. The van der Waals surface area contributed by atoms with Crippen molar-refractivity contribution >= 4 is 64.4 Å². The molecule has 0 atom stereocenters. The first-order valence-corrected chi connectivity index (χ1v) is 10.5. The van der Waals surface area contributed by atoms with Crippen LogP contribution in [-0.4, -0.2) is 21.4 Å². The molecule has 0 fully saturated rings. The minimum Gasteiger partial charge on any atom is -0.351 e. The molecule has 2 aromatic carbocycles. The van der Waals surface area contributed by atoms with Gasteiger partial charge >= 0.3 is 0 Å². The summed E-state index contributed by atoms with van der Waals surface area (Å²) in [5, 5.41) is 8.25. The molecule has 0 spiro atoms.